The minimum atomic E-state index is 0.778. The summed E-state index contributed by atoms with van der Waals surface area (Å²) in [6, 6.07) is 2.04. The first-order chi connectivity index (χ1) is 7.28. The van der Waals surface area contributed by atoms with Gasteiger partial charge in [-0.2, -0.15) is 0 Å². The summed E-state index contributed by atoms with van der Waals surface area (Å²) in [5.41, 5.74) is 0.986. The fraction of sp³-hybridized carbons (Fsp3) is 0.727. The van der Waals surface area contributed by atoms with Crippen molar-refractivity contribution in [1.82, 2.24) is 15.4 Å². The molecule has 1 aliphatic heterocycles. The van der Waals surface area contributed by atoms with E-state index in [9.17, 15) is 0 Å². The Labute approximate surface area is 90.6 Å². The van der Waals surface area contributed by atoms with Crippen molar-refractivity contribution in [2.75, 3.05) is 20.1 Å². The second-order valence-electron chi connectivity index (χ2n) is 4.44. The molecule has 1 unspecified atom stereocenters. The highest BCUT2D eigenvalue weighted by Crippen LogP contribution is 2.18. The van der Waals surface area contributed by atoms with E-state index in [0.29, 0.717) is 0 Å². The molecular formula is C11H19N3O. The lowest BCUT2D eigenvalue weighted by Gasteiger charge is -2.11. The van der Waals surface area contributed by atoms with Gasteiger partial charge in [0.05, 0.1) is 12.2 Å². The van der Waals surface area contributed by atoms with Gasteiger partial charge in [0, 0.05) is 19.2 Å². The van der Waals surface area contributed by atoms with Crippen molar-refractivity contribution in [1.29, 1.82) is 0 Å². The van der Waals surface area contributed by atoms with E-state index in [-0.39, 0.29) is 0 Å². The predicted octanol–water partition coefficient (Wildman–Crippen LogP) is 1.24. The summed E-state index contributed by atoms with van der Waals surface area (Å²) < 4.78 is 5.28. The van der Waals surface area contributed by atoms with Crippen LogP contribution in [0.2, 0.25) is 0 Å². The van der Waals surface area contributed by atoms with Gasteiger partial charge in [0.15, 0.2) is 5.76 Å². The smallest absolute Gasteiger partial charge is 0.151 e. The Morgan fingerprint density at radius 3 is 3.20 bits per heavy atom. The molecule has 0 radical (unpaired) electrons. The van der Waals surface area contributed by atoms with Gasteiger partial charge in [-0.25, -0.2) is 0 Å². The summed E-state index contributed by atoms with van der Waals surface area (Å²) in [6.45, 7) is 6.35. The van der Waals surface area contributed by atoms with Gasteiger partial charge in [0.1, 0.15) is 0 Å². The maximum absolute atomic E-state index is 5.28. The molecule has 1 aromatic rings. The third-order valence-electron chi connectivity index (χ3n) is 2.85. The van der Waals surface area contributed by atoms with E-state index < -0.39 is 0 Å². The molecule has 84 valence electrons. The first kappa shape index (κ1) is 10.6. The van der Waals surface area contributed by atoms with Crippen LogP contribution in [0.25, 0.3) is 0 Å². The van der Waals surface area contributed by atoms with Gasteiger partial charge in [-0.3, -0.25) is 4.90 Å². The molecule has 0 amide bonds. The summed E-state index contributed by atoms with van der Waals surface area (Å²) in [5.74, 6) is 1.80. The molecule has 0 saturated carbocycles. The van der Waals surface area contributed by atoms with Gasteiger partial charge in [-0.1, -0.05) is 12.1 Å². The summed E-state index contributed by atoms with van der Waals surface area (Å²) in [4.78, 5) is 2.42. The molecule has 0 aliphatic carbocycles. The van der Waals surface area contributed by atoms with E-state index in [0.717, 1.165) is 30.5 Å². The number of rotatable bonds is 4. The van der Waals surface area contributed by atoms with Crippen molar-refractivity contribution in [2.24, 2.45) is 5.92 Å². The van der Waals surface area contributed by atoms with Crippen LogP contribution in [-0.2, 0) is 13.1 Å². The topological polar surface area (TPSA) is 41.3 Å². The normalized spacial score (nSPS) is 22.4. The number of nitrogens with zero attached hydrogens (tertiary/aromatic N) is 2. The lowest BCUT2D eigenvalue weighted by Crippen LogP contribution is -2.19. The summed E-state index contributed by atoms with van der Waals surface area (Å²) in [7, 11) is 1.91. The zero-order valence-corrected chi connectivity index (χ0v) is 9.49. The van der Waals surface area contributed by atoms with E-state index in [4.69, 9.17) is 4.52 Å². The largest absolute Gasteiger partial charge is 0.360 e. The molecule has 0 bridgehead atoms. The number of nitrogens with one attached hydrogen (secondary N) is 1. The molecule has 4 nitrogen and oxygen atoms in total. The lowest BCUT2D eigenvalue weighted by atomic mass is 10.2. The van der Waals surface area contributed by atoms with Gasteiger partial charge in [0.25, 0.3) is 0 Å². The Morgan fingerprint density at radius 1 is 1.67 bits per heavy atom. The maximum atomic E-state index is 5.28. The molecule has 2 heterocycles. The van der Waals surface area contributed by atoms with Gasteiger partial charge in [0.2, 0.25) is 0 Å². The zero-order chi connectivity index (χ0) is 10.7. The Kier molecular flexibility index (Phi) is 3.38. The van der Waals surface area contributed by atoms with Crippen LogP contribution in [0.5, 0.6) is 0 Å². The highest BCUT2D eigenvalue weighted by atomic mass is 16.5. The molecule has 1 atom stereocenters. The first-order valence-electron chi connectivity index (χ1n) is 5.59. The molecule has 1 fully saturated rings. The van der Waals surface area contributed by atoms with E-state index in [2.05, 4.69) is 22.3 Å². The fourth-order valence-corrected chi connectivity index (χ4v) is 2.09. The molecule has 1 aliphatic rings. The predicted molar refractivity (Wildman–Crippen MR) is 58.3 cm³/mol. The molecule has 4 heteroatoms. The van der Waals surface area contributed by atoms with E-state index in [1.165, 1.54) is 19.5 Å². The third kappa shape index (κ3) is 2.79. The molecule has 1 N–H and O–H groups in total. The Hall–Kier alpha value is -0.870. The average Bonchev–Trinajstić information content (AvgIpc) is 2.78. The van der Waals surface area contributed by atoms with Crippen molar-refractivity contribution >= 4 is 0 Å². The average molecular weight is 209 g/mol. The van der Waals surface area contributed by atoms with Crippen LogP contribution in [0.1, 0.15) is 24.8 Å². The van der Waals surface area contributed by atoms with Crippen molar-refractivity contribution < 1.29 is 4.52 Å². The van der Waals surface area contributed by atoms with Gasteiger partial charge in [-0.15, -0.1) is 0 Å². The van der Waals surface area contributed by atoms with Crippen LogP contribution in [0.3, 0.4) is 0 Å². The van der Waals surface area contributed by atoms with Crippen LogP contribution in [0.4, 0.5) is 0 Å². The number of aromatic nitrogens is 1. The minimum Gasteiger partial charge on any atom is -0.360 e. The first-order valence-corrected chi connectivity index (χ1v) is 5.59. The van der Waals surface area contributed by atoms with Crippen molar-refractivity contribution in [2.45, 2.75) is 26.4 Å². The van der Waals surface area contributed by atoms with Gasteiger partial charge < -0.3 is 9.84 Å². The second-order valence-corrected chi connectivity index (χ2v) is 4.44. The molecule has 0 spiro atoms. The zero-order valence-electron chi connectivity index (χ0n) is 9.49. The monoisotopic (exact) mass is 209 g/mol. The van der Waals surface area contributed by atoms with Crippen LogP contribution in [0, 0.1) is 5.92 Å². The van der Waals surface area contributed by atoms with Crippen molar-refractivity contribution in [3.8, 4) is 0 Å². The van der Waals surface area contributed by atoms with Crippen LogP contribution >= 0.6 is 0 Å². The van der Waals surface area contributed by atoms with Crippen LogP contribution < -0.4 is 5.32 Å². The summed E-state index contributed by atoms with van der Waals surface area (Å²) >= 11 is 0. The SMILES string of the molecule is CNCc1cc(CN2CCC(C)C2)on1. The number of hydrogen-bond donors (Lipinski definition) is 1. The molecule has 15 heavy (non-hydrogen) atoms. The van der Waals surface area contributed by atoms with E-state index >= 15 is 0 Å². The Balaban J connectivity index is 1.87. The highest BCUT2D eigenvalue weighted by Gasteiger charge is 2.19. The number of hydrogen-bond acceptors (Lipinski definition) is 4. The molecular weight excluding hydrogens is 190 g/mol. The third-order valence-corrected chi connectivity index (χ3v) is 2.85. The van der Waals surface area contributed by atoms with E-state index in [1.54, 1.807) is 0 Å². The molecule has 0 aromatic carbocycles. The molecule has 1 aromatic heterocycles. The summed E-state index contributed by atoms with van der Waals surface area (Å²) in [6.07, 6.45) is 1.30. The standard InChI is InChI=1S/C11H19N3O/c1-9-3-4-14(7-9)8-11-5-10(6-12-2)13-15-11/h5,9,12H,3-4,6-8H2,1-2H3. The second kappa shape index (κ2) is 4.77. The number of likely N-dealkylation sites (tertiary alicyclic amines) is 1. The minimum absolute atomic E-state index is 0.778. The van der Waals surface area contributed by atoms with Crippen molar-refractivity contribution in [3.05, 3.63) is 17.5 Å². The van der Waals surface area contributed by atoms with Crippen LogP contribution in [-0.4, -0.2) is 30.2 Å². The Bertz CT molecular complexity index is 311. The fourth-order valence-electron chi connectivity index (χ4n) is 2.09. The van der Waals surface area contributed by atoms with Gasteiger partial charge >= 0.3 is 0 Å². The van der Waals surface area contributed by atoms with Gasteiger partial charge in [-0.05, 0) is 25.9 Å². The Morgan fingerprint density at radius 2 is 2.53 bits per heavy atom. The van der Waals surface area contributed by atoms with Crippen LogP contribution in [0.15, 0.2) is 10.6 Å². The molecule has 1 saturated heterocycles. The summed E-state index contributed by atoms with van der Waals surface area (Å²) in [5, 5.41) is 7.06. The van der Waals surface area contributed by atoms with E-state index in [1.807, 2.05) is 13.1 Å². The van der Waals surface area contributed by atoms with Crippen molar-refractivity contribution in [3.63, 3.8) is 0 Å². The maximum Gasteiger partial charge on any atom is 0.151 e. The molecule has 2 rings (SSSR count). The quantitative estimate of drug-likeness (QED) is 0.810. The highest BCUT2D eigenvalue weighted by molar-refractivity contribution is 5.05. The lowest BCUT2D eigenvalue weighted by molar-refractivity contribution is 0.267.